The zero-order valence-electron chi connectivity index (χ0n) is 20.0. The zero-order valence-corrected chi connectivity index (χ0v) is 21.0. The number of nitrogens with zero attached hydrogens (tertiary/aromatic N) is 1. The van der Waals surface area contributed by atoms with Gasteiger partial charge in [-0.25, -0.2) is 4.98 Å². The summed E-state index contributed by atoms with van der Waals surface area (Å²) in [6.45, 7) is 12.2. The topological polar surface area (TPSA) is 78.3 Å². The minimum absolute atomic E-state index is 0.0719. The Kier molecular flexibility index (Phi) is 8.98. The second kappa shape index (κ2) is 11.2. The van der Waals surface area contributed by atoms with E-state index in [1.165, 1.54) is 11.6 Å². The van der Waals surface area contributed by atoms with Gasteiger partial charge in [-0.15, -0.1) is 0 Å². The van der Waals surface area contributed by atoms with Crippen molar-refractivity contribution in [3.63, 3.8) is 0 Å². The van der Waals surface area contributed by atoms with Gasteiger partial charge in [0, 0.05) is 6.42 Å². The van der Waals surface area contributed by atoms with Crippen molar-refractivity contribution in [1.29, 1.82) is 0 Å². The fourth-order valence-electron chi connectivity index (χ4n) is 3.29. The van der Waals surface area contributed by atoms with Gasteiger partial charge in [0.25, 0.3) is 9.04 Å². The first-order chi connectivity index (χ1) is 15.0. The molecule has 5 nitrogen and oxygen atoms in total. The Hall–Kier alpha value is -2.70. The summed E-state index contributed by atoms with van der Waals surface area (Å²) in [7, 11) is -1.46. The lowest BCUT2D eigenvalue weighted by molar-refractivity contribution is -0.129. The number of benzene rings is 1. The van der Waals surface area contributed by atoms with Gasteiger partial charge in [0.05, 0.1) is 17.7 Å². The molecule has 171 valence electrons. The number of carbonyl (C=O) groups is 1. The van der Waals surface area contributed by atoms with E-state index < -0.39 is 20.6 Å². The molecule has 6 heteroatoms. The molecule has 0 aliphatic heterocycles. The van der Waals surface area contributed by atoms with Gasteiger partial charge in [-0.3, -0.25) is 4.79 Å². The average Bonchev–Trinajstić information content (AvgIpc) is 3.24. The quantitative estimate of drug-likeness (QED) is 0.413. The maximum absolute atomic E-state index is 12.3. The fourth-order valence-corrected chi connectivity index (χ4v) is 5.86. The highest BCUT2D eigenvalue weighted by atomic mass is 28.3. The molecule has 32 heavy (non-hydrogen) atoms. The van der Waals surface area contributed by atoms with Crippen LogP contribution in [-0.4, -0.2) is 26.0 Å². The van der Waals surface area contributed by atoms with Gasteiger partial charge in [0.1, 0.15) is 5.76 Å². The number of oxazole rings is 1. The third-order valence-corrected chi connectivity index (χ3v) is 7.87. The van der Waals surface area contributed by atoms with Crippen molar-refractivity contribution >= 4 is 20.1 Å². The van der Waals surface area contributed by atoms with Crippen LogP contribution in [0.3, 0.4) is 0 Å². The van der Waals surface area contributed by atoms with Gasteiger partial charge in [-0.2, -0.15) is 0 Å². The van der Waals surface area contributed by atoms with Gasteiger partial charge < -0.3 is 14.6 Å². The van der Waals surface area contributed by atoms with Gasteiger partial charge >= 0.3 is 0 Å². The molecule has 1 aromatic heterocycles. The van der Waals surface area contributed by atoms with Gasteiger partial charge in [0.2, 0.25) is 5.91 Å². The molecule has 0 aliphatic rings. The molecule has 1 radical (unpaired) electrons. The van der Waals surface area contributed by atoms with Crippen molar-refractivity contribution in [3.8, 4) is 0 Å². The maximum atomic E-state index is 12.3. The predicted octanol–water partition coefficient (Wildman–Crippen LogP) is 4.87. The Morgan fingerprint density at radius 1 is 1.16 bits per heavy atom. The highest BCUT2D eigenvalue weighted by Crippen LogP contribution is 2.35. The van der Waals surface area contributed by atoms with E-state index in [1.54, 1.807) is 6.20 Å². The summed E-state index contributed by atoms with van der Waals surface area (Å²) in [5.74, 6) is 0.435. The SMILES string of the molecule is C/C(=C/C=C\C=C\Cc1cnco1)[C@@H](O[Si](c1ccccc1)C(C)(C)C)C(C)(C)C(N)=O. The molecule has 2 aromatic rings. The van der Waals surface area contributed by atoms with Crippen LogP contribution in [0.15, 0.2) is 83.3 Å². The van der Waals surface area contributed by atoms with Crippen LogP contribution in [0, 0.1) is 5.41 Å². The van der Waals surface area contributed by atoms with E-state index in [0.717, 1.165) is 11.3 Å². The molecular weight excluding hydrogens is 416 g/mol. The number of allylic oxidation sites excluding steroid dienone is 5. The van der Waals surface area contributed by atoms with Crippen LogP contribution in [0.5, 0.6) is 0 Å². The number of aromatic nitrogens is 1. The van der Waals surface area contributed by atoms with Crippen LogP contribution in [0.4, 0.5) is 0 Å². The standard InChI is InChI=1S/C26H35N2O3Si/c1-20(14-10-7-8-11-15-21-18-28-19-30-21)23(26(5,6)24(27)29)31-32(25(2,3)4)22-16-12-9-13-17-22/h7-14,16-19,23H,15H2,1-6H3,(H2,27,29)/b10-7-,11-8+,20-14-/t23-/m1/s1. The van der Waals surface area contributed by atoms with Crippen molar-refractivity contribution in [2.24, 2.45) is 11.1 Å². The first-order valence-electron chi connectivity index (χ1n) is 10.8. The molecule has 0 aliphatic carbocycles. The minimum atomic E-state index is -1.46. The Morgan fingerprint density at radius 2 is 1.84 bits per heavy atom. The van der Waals surface area contributed by atoms with Gasteiger partial charge in [-0.1, -0.05) is 81.5 Å². The monoisotopic (exact) mass is 451 g/mol. The molecule has 2 N–H and O–H groups in total. The molecular formula is C26H35N2O3Si. The maximum Gasteiger partial charge on any atom is 0.253 e. The molecule has 0 fully saturated rings. The van der Waals surface area contributed by atoms with Gasteiger partial charge in [-0.05, 0) is 36.6 Å². The first-order valence-corrected chi connectivity index (χ1v) is 12.2. The van der Waals surface area contributed by atoms with Crippen molar-refractivity contribution in [1.82, 2.24) is 4.98 Å². The molecule has 0 spiro atoms. The highest BCUT2D eigenvalue weighted by molar-refractivity contribution is 6.70. The van der Waals surface area contributed by atoms with E-state index in [2.05, 4.69) is 37.9 Å². The van der Waals surface area contributed by atoms with Crippen LogP contribution in [0.2, 0.25) is 5.04 Å². The largest absolute Gasteiger partial charge is 0.448 e. The molecule has 1 atom stereocenters. The van der Waals surface area contributed by atoms with E-state index >= 15 is 0 Å². The average molecular weight is 452 g/mol. The Morgan fingerprint density at radius 3 is 2.41 bits per heavy atom. The van der Waals surface area contributed by atoms with Crippen molar-refractivity contribution in [2.45, 2.75) is 59.1 Å². The molecule has 2 rings (SSSR count). The summed E-state index contributed by atoms with van der Waals surface area (Å²) in [6.07, 6.45) is 13.2. The van der Waals surface area contributed by atoms with Crippen LogP contribution in [-0.2, 0) is 15.6 Å². The number of primary amides is 1. The summed E-state index contributed by atoms with van der Waals surface area (Å²) >= 11 is 0. The zero-order chi connectivity index (χ0) is 23.8. The highest BCUT2D eigenvalue weighted by Gasteiger charge is 2.42. The smallest absolute Gasteiger partial charge is 0.253 e. The van der Waals surface area contributed by atoms with Crippen LogP contribution < -0.4 is 10.9 Å². The molecule has 1 amide bonds. The van der Waals surface area contributed by atoms with E-state index in [4.69, 9.17) is 14.6 Å². The van der Waals surface area contributed by atoms with Crippen LogP contribution in [0.1, 0.15) is 47.3 Å². The summed E-state index contributed by atoms with van der Waals surface area (Å²) in [4.78, 5) is 16.2. The Labute approximate surface area is 193 Å². The van der Waals surface area contributed by atoms with Crippen molar-refractivity contribution < 1.29 is 13.6 Å². The molecule has 0 unspecified atom stereocenters. The molecule has 0 saturated heterocycles. The van der Waals surface area contributed by atoms with Crippen LogP contribution in [0.25, 0.3) is 0 Å². The molecule has 0 bridgehead atoms. The third-order valence-electron chi connectivity index (χ3n) is 5.18. The molecule has 1 aromatic carbocycles. The summed E-state index contributed by atoms with van der Waals surface area (Å²) in [6, 6.07) is 10.3. The minimum Gasteiger partial charge on any atom is -0.448 e. The third kappa shape index (κ3) is 7.17. The number of amides is 1. The van der Waals surface area contributed by atoms with Crippen molar-refractivity contribution in [2.75, 3.05) is 0 Å². The molecule has 0 saturated carbocycles. The van der Waals surface area contributed by atoms with E-state index in [1.807, 2.05) is 69.4 Å². The lowest BCUT2D eigenvalue weighted by Crippen LogP contribution is -2.51. The van der Waals surface area contributed by atoms with Crippen LogP contribution >= 0.6 is 0 Å². The lowest BCUT2D eigenvalue weighted by atomic mass is 9.82. The lowest BCUT2D eigenvalue weighted by Gasteiger charge is -2.38. The van der Waals surface area contributed by atoms with Gasteiger partial charge in [0.15, 0.2) is 6.39 Å². The summed E-state index contributed by atoms with van der Waals surface area (Å²) in [5.41, 5.74) is 5.90. The van der Waals surface area contributed by atoms with E-state index in [0.29, 0.717) is 6.42 Å². The summed E-state index contributed by atoms with van der Waals surface area (Å²) < 4.78 is 12.0. The number of rotatable bonds is 10. The summed E-state index contributed by atoms with van der Waals surface area (Å²) in [5, 5.41) is 1.10. The number of carbonyl (C=O) groups excluding carboxylic acids is 1. The van der Waals surface area contributed by atoms with Crippen molar-refractivity contribution in [3.05, 3.63) is 84.6 Å². The predicted molar refractivity (Wildman–Crippen MR) is 132 cm³/mol. The van der Waals surface area contributed by atoms with E-state index in [-0.39, 0.29) is 10.9 Å². The normalized spacial score (nSPS) is 14.5. The van der Waals surface area contributed by atoms with E-state index in [9.17, 15) is 4.79 Å². The Balaban J connectivity index is 2.25. The second-order valence-corrected chi connectivity index (χ2v) is 12.4. The molecule has 1 heterocycles. The number of hydrogen-bond acceptors (Lipinski definition) is 4. The first kappa shape index (κ1) is 25.6. The number of hydrogen-bond donors (Lipinski definition) is 1. The fraction of sp³-hybridized carbons (Fsp3) is 0.385. The second-order valence-electron chi connectivity index (χ2n) is 9.42. The Bertz CT molecular complexity index is 939. The number of nitrogens with two attached hydrogens (primary N) is 1.